The van der Waals surface area contributed by atoms with Crippen molar-refractivity contribution in [1.29, 1.82) is 0 Å². The zero-order valence-corrected chi connectivity index (χ0v) is 9.86. The van der Waals surface area contributed by atoms with Crippen LogP contribution in [0, 0.1) is 5.92 Å². The maximum Gasteiger partial charge on any atom is 0.235 e. The van der Waals surface area contributed by atoms with Gasteiger partial charge in [0.05, 0.1) is 6.04 Å². The van der Waals surface area contributed by atoms with Gasteiger partial charge in [0.15, 0.2) is 0 Å². The standard InChI is InChI=1S/C10H14ClNOS/c1-7(2)10(12-9(13)6-11)8-4-3-5-14-8/h3-5,7,10H,6H2,1-2H3,(H,12,13)/t10-/m1/s1. The van der Waals surface area contributed by atoms with Crippen molar-refractivity contribution in [1.82, 2.24) is 5.32 Å². The quantitative estimate of drug-likeness (QED) is 0.794. The first-order valence-corrected chi connectivity index (χ1v) is 5.95. The molecule has 0 saturated heterocycles. The maximum absolute atomic E-state index is 11.2. The van der Waals surface area contributed by atoms with Crippen LogP contribution in [0.25, 0.3) is 0 Å². The second-order valence-electron chi connectivity index (χ2n) is 3.44. The summed E-state index contributed by atoms with van der Waals surface area (Å²) in [6, 6.07) is 4.10. The van der Waals surface area contributed by atoms with Crippen LogP contribution in [0.15, 0.2) is 17.5 Å². The van der Waals surface area contributed by atoms with Crippen molar-refractivity contribution in [2.45, 2.75) is 19.9 Å². The number of hydrogen-bond donors (Lipinski definition) is 1. The second-order valence-corrected chi connectivity index (χ2v) is 4.68. The molecule has 4 heteroatoms. The number of carbonyl (C=O) groups is 1. The molecule has 1 heterocycles. The Morgan fingerprint density at radius 2 is 2.36 bits per heavy atom. The lowest BCUT2D eigenvalue weighted by Crippen LogP contribution is -2.31. The van der Waals surface area contributed by atoms with E-state index in [0.29, 0.717) is 5.92 Å². The van der Waals surface area contributed by atoms with Crippen molar-refractivity contribution in [3.8, 4) is 0 Å². The molecule has 78 valence electrons. The fourth-order valence-electron chi connectivity index (χ4n) is 1.25. The Kier molecular flexibility index (Phi) is 4.42. The van der Waals surface area contributed by atoms with E-state index in [2.05, 4.69) is 19.2 Å². The number of thiophene rings is 1. The highest BCUT2D eigenvalue weighted by atomic mass is 35.5. The third kappa shape index (κ3) is 3.00. The lowest BCUT2D eigenvalue weighted by molar-refractivity contribution is -0.119. The molecule has 0 bridgehead atoms. The van der Waals surface area contributed by atoms with Gasteiger partial charge in [-0.15, -0.1) is 22.9 Å². The molecule has 0 saturated carbocycles. The summed E-state index contributed by atoms with van der Waals surface area (Å²) < 4.78 is 0. The summed E-state index contributed by atoms with van der Waals surface area (Å²) in [6.45, 7) is 4.16. The summed E-state index contributed by atoms with van der Waals surface area (Å²) in [4.78, 5) is 12.4. The fraction of sp³-hybridized carbons (Fsp3) is 0.500. The molecule has 0 fully saturated rings. The van der Waals surface area contributed by atoms with Crippen LogP contribution in [0.2, 0.25) is 0 Å². The zero-order chi connectivity index (χ0) is 10.6. The Morgan fingerprint density at radius 1 is 1.64 bits per heavy atom. The Balaban J connectivity index is 2.70. The minimum absolute atomic E-state index is 0.0224. The van der Waals surface area contributed by atoms with Gasteiger partial charge in [-0.25, -0.2) is 0 Å². The third-order valence-corrected chi connectivity index (χ3v) is 3.15. The normalized spacial score (nSPS) is 12.9. The van der Waals surface area contributed by atoms with Crippen LogP contribution >= 0.6 is 22.9 Å². The molecular weight excluding hydrogens is 218 g/mol. The number of carbonyl (C=O) groups excluding carboxylic acids is 1. The summed E-state index contributed by atoms with van der Waals surface area (Å²) in [5.74, 6) is 0.286. The molecule has 1 N–H and O–H groups in total. The van der Waals surface area contributed by atoms with Crippen molar-refractivity contribution >= 4 is 28.8 Å². The summed E-state index contributed by atoms with van der Waals surface area (Å²) in [6.07, 6.45) is 0. The van der Waals surface area contributed by atoms with Gasteiger partial charge in [-0.3, -0.25) is 4.79 Å². The number of halogens is 1. The minimum Gasteiger partial charge on any atom is -0.347 e. The highest BCUT2D eigenvalue weighted by Crippen LogP contribution is 2.25. The Morgan fingerprint density at radius 3 is 2.79 bits per heavy atom. The van der Waals surface area contributed by atoms with E-state index in [1.807, 2.05) is 17.5 Å². The van der Waals surface area contributed by atoms with Crippen LogP contribution < -0.4 is 5.32 Å². The van der Waals surface area contributed by atoms with Crippen molar-refractivity contribution in [2.75, 3.05) is 5.88 Å². The third-order valence-electron chi connectivity index (χ3n) is 1.95. The Labute approximate surface area is 93.3 Å². The van der Waals surface area contributed by atoms with Crippen molar-refractivity contribution in [3.05, 3.63) is 22.4 Å². The van der Waals surface area contributed by atoms with Gasteiger partial charge in [0.1, 0.15) is 5.88 Å². The molecule has 2 nitrogen and oxygen atoms in total. The SMILES string of the molecule is CC(C)[C@@H](NC(=O)CCl)c1cccs1. The molecule has 1 amide bonds. The van der Waals surface area contributed by atoms with Crippen molar-refractivity contribution in [2.24, 2.45) is 5.92 Å². The van der Waals surface area contributed by atoms with Crippen molar-refractivity contribution in [3.63, 3.8) is 0 Å². The largest absolute Gasteiger partial charge is 0.347 e. The molecule has 0 aliphatic rings. The molecule has 0 unspecified atom stereocenters. The van der Waals surface area contributed by atoms with E-state index in [4.69, 9.17) is 11.6 Å². The predicted octanol–water partition coefficient (Wildman–Crippen LogP) is 2.80. The van der Waals surface area contributed by atoms with Crippen LogP contribution in [-0.4, -0.2) is 11.8 Å². The average molecular weight is 232 g/mol. The lowest BCUT2D eigenvalue weighted by Gasteiger charge is -2.20. The van der Waals surface area contributed by atoms with Gasteiger partial charge in [-0.05, 0) is 17.4 Å². The van der Waals surface area contributed by atoms with Gasteiger partial charge in [0.25, 0.3) is 0 Å². The summed E-state index contributed by atoms with van der Waals surface area (Å²) in [7, 11) is 0. The topological polar surface area (TPSA) is 29.1 Å². The fourth-order valence-corrected chi connectivity index (χ4v) is 2.27. The molecule has 1 aromatic rings. The molecule has 0 aliphatic carbocycles. The van der Waals surface area contributed by atoms with Gasteiger partial charge >= 0.3 is 0 Å². The first-order valence-electron chi connectivity index (χ1n) is 4.54. The molecule has 14 heavy (non-hydrogen) atoms. The van der Waals surface area contributed by atoms with Gasteiger partial charge in [-0.2, -0.15) is 0 Å². The summed E-state index contributed by atoms with van der Waals surface area (Å²) >= 11 is 7.11. The first kappa shape index (κ1) is 11.5. The highest BCUT2D eigenvalue weighted by molar-refractivity contribution is 7.10. The lowest BCUT2D eigenvalue weighted by atomic mass is 10.0. The molecule has 0 aromatic carbocycles. The molecular formula is C10H14ClNOS. The van der Waals surface area contributed by atoms with E-state index in [1.165, 1.54) is 4.88 Å². The smallest absolute Gasteiger partial charge is 0.235 e. The van der Waals surface area contributed by atoms with Gasteiger partial charge < -0.3 is 5.32 Å². The monoisotopic (exact) mass is 231 g/mol. The summed E-state index contributed by atoms with van der Waals surface area (Å²) in [5, 5.41) is 4.92. The highest BCUT2D eigenvalue weighted by Gasteiger charge is 2.18. The number of rotatable bonds is 4. The van der Waals surface area contributed by atoms with Gasteiger partial charge in [-0.1, -0.05) is 19.9 Å². The number of nitrogens with one attached hydrogen (secondary N) is 1. The van der Waals surface area contributed by atoms with Crippen LogP contribution in [0.1, 0.15) is 24.8 Å². The van der Waals surface area contributed by atoms with Gasteiger partial charge in [0.2, 0.25) is 5.91 Å². The first-order chi connectivity index (χ1) is 6.65. The molecule has 0 radical (unpaired) electrons. The predicted molar refractivity (Wildman–Crippen MR) is 60.8 cm³/mol. The maximum atomic E-state index is 11.2. The van der Waals surface area contributed by atoms with Gasteiger partial charge in [0, 0.05) is 4.88 Å². The molecule has 0 aliphatic heterocycles. The zero-order valence-electron chi connectivity index (χ0n) is 8.29. The van der Waals surface area contributed by atoms with E-state index in [0.717, 1.165) is 0 Å². The summed E-state index contributed by atoms with van der Waals surface area (Å²) in [5.41, 5.74) is 0. The molecule has 0 spiro atoms. The molecule has 1 atom stereocenters. The van der Waals surface area contributed by atoms with Crippen LogP contribution in [0.3, 0.4) is 0 Å². The van der Waals surface area contributed by atoms with Crippen molar-refractivity contribution < 1.29 is 4.79 Å². The minimum atomic E-state index is -0.112. The van der Waals surface area contributed by atoms with E-state index >= 15 is 0 Å². The second kappa shape index (κ2) is 5.37. The van der Waals surface area contributed by atoms with Crippen LogP contribution in [0.4, 0.5) is 0 Å². The van der Waals surface area contributed by atoms with E-state index in [-0.39, 0.29) is 17.8 Å². The molecule has 1 aromatic heterocycles. The van der Waals surface area contributed by atoms with E-state index in [1.54, 1.807) is 11.3 Å². The average Bonchev–Trinajstić information content (AvgIpc) is 2.65. The Hall–Kier alpha value is -0.540. The van der Waals surface area contributed by atoms with E-state index in [9.17, 15) is 4.79 Å². The Bertz CT molecular complexity index is 284. The number of alkyl halides is 1. The number of hydrogen-bond acceptors (Lipinski definition) is 2. The van der Waals surface area contributed by atoms with Crippen LogP contribution in [-0.2, 0) is 4.79 Å². The van der Waals surface area contributed by atoms with Crippen LogP contribution in [0.5, 0.6) is 0 Å². The number of amides is 1. The molecule has 1 rings (SSSR count). The van der Waals surface area contributed by atoms with E-state index < -0.39 is 0 Å².